The zero-order valence-electron chi connectivity index (χ0n) is 8.34. The lowest BCUT2D eigenvalue weighted by Crippen LogP contribution is -2.05. The van der Waals surface area contributed by atoms with E-state index in [4.69, 9.17) is 22.2 Å². The molecule has 0 amide bonds. The first-order chi connectivity index (χ1) is 6.70. The molecule has 0 unspecified atom stereocenters. The highest BCUT2D eigenvalue weighted by Gasteiger charge is 2.09. The number of rotatable bonds is 4. The maximum Gasteiger partial charge on any atom is 0.140 e. The van der Waals surface area contributed by atoms with Crippen molar-refractivity contribution >= 4 is 11.6 Å². The average molecular weight is 216 g/mol. The Hall–Kier alpha value is -0.770. The molecule has 0 aliphatic carbocycles. The number of methoxy groups -OCH3 is 1. The van der Waals surface area contributed by atoms with Crippen molar-refractivity contribution in [3.8, 4) is 5.75 Å². The third kappa shape index (κ3) is 2.38. The van der Waals surface area contributed by atoms with E-state index in [1.807, 2.05) is 19.1 Å². The summed E-state index contributed by atoms with van der Waals surface area (Å²) in [6.45, 7) is 2.39. The first-order valence-corrected chi connectivity index (χ1v) is 4.72. The highest BCUT2D eigenvalue weighted by molar-refractivity contribution is 6.32. The van der Waals surface area contributed by atoms with Crippen molar-refractivity contribution in [2.75, 3.05) is 13.7 Å². The molecule has 0 saturated heterocycles. The molecule has 1 rings (SSSR count). The molecule has 78 valence electrons. The number of ether oxygens (including phenoxy) is 1. The molecule has 0 atom stereocenters. The van der Waals surface area contributed by atoms with Gasteiger partial charge >= 0.3 is 0 Å². The van der Waals surface area contributed by atoms with Crippen molar-refractivity contribution in [3.63, 3.8) is 0 Å². The molecule has 14 heavy (non-hydrogen) atoms. The van der Waals surface area contributed by atoms with Crippen LogP contribution in [0.4, 0.5) is 0 Å². The van der Waals surface area contributed by atoms with Crippen LogP contribution in [0.15, 0.2) is 12.1 Å². The molecule has 0 spiro atoms. The lowest BCUT2D eigenvalue weighted by Gasteiger charge is -2.11. The van der Waals surface area contributed by atoms with Crippen molar-refractivity contribution in [2.24, 2.45) is 5.90 Å². The number of aryl methyl sites for hydroxylation is 1. The highest BCUT2D eigenvalue weighted by atomic mass is 35.5. The third-order valence-corrected chi connectivity index (χ3v) is 2.53. The van der Waals surface area contributed by atoms with Crippen molar-refractivity contribution in [2.45, 2.75) is 13.3 Å². The predicted molar refractivity (Wildman–Crippen MR) is 56.6 cm³/mol. The summed E-state index contributed by atoms with van der Waals surface area (Å²) in [5.74, 6) is 5.67. The fourth-order valence-electron chi connectivity index (χ4n) is 1.28. The van der Waals surface area contributed by atoms with Gasteiger partial charge in [0.15, 0.2) is 0 Å². The lowest BCUT2D eigenvalue weighted by molar-refractivity contribution is 0.140. The Balaban J connectivity index is 2.98. The van der Waals surface area contributed by atoms with Crippen molar-refractivity contribution in [1.82, 2.24) is 0 Å². The van der Waals surface area contributed by atoms with Gasteiger partial charge in [0, 0.05) is 6.42 Å². The molecule has 0 bridgehead atoms. The standard InChI is InChI=1S/C10H14ClNO2/c1-7-3-4-8(5-6-14-12)10(13-2)9(7)11/h3-4H,5-6,12H2,1-2H3. The summed E-state index contributed by atoms with van der Waals surface area (Å²) < 4.78 is 5.23. The summed E-state index contributed by atoms with van der Waals surface area (Å²) in [5.41, 5.74) is 2.01. The minimum absolute atomic E-state index is 0.454. The van der Waals surface area contributed by atoms with Gasteiger partial charge in [0.05, 0.1) is 18.7 Å². The summed E-state index contributed by atoms with van der Waals surface area (Å²) in [7, 11) is 1.60. The second-order valence-electron chi connectivity index (χ2n) is 3.01. The molecule has 3 nitrogen and oxygen atoms in total. The molecule has 1 aromatic carbocycles. The summed E-state index contributed by atoms with van der Waals surface area (Å²) in [6, 6.07) is 3.93. The second-order valence-corrected chi connectivity index (χ2v) is 3.39. The summed E-state index contributed by atoms with van der Waals surface area (Å²) in [6.07, 6.45) is 0.694. The van der Waals surface area contributed by atoms with E-state index in [1.165, 1.54) is 0 Å². The zero-order valence-corrected chi connectivity index (χ0v) is 9.10. The van der Waals surface area contributed by atoms with Crippen molar-refractivity contribution in [3.05, 3.63) is 28.3 Å². The van der Waals surface area contributed by atoms with E-state index in [1.54, 1.807) is 7.11 Å². The topological polar surface area (TPSA) is 44.5 Å². The van der Waals surface area contributed by atoms with Gasteiger partial charge in [-0.3, -0.25) is 0 Å². The summed E-state index contributed by atoms with van der Waals surface area (Å²) in [5, 5.41) is 0.655. The van der Waals surface area contributed by atoms with Gasteiger partial charge in [-0.25, -0.2) is 5.90 Å². The van der Waals surface area contributed by atoms with Crippen LogP contribution in [0.5, 0.6) is 5.75 Å². The van der Waals surface area contributed by atoms with Crippen molar-refractivity contribution < 1.29 is 9.57 Å². The van der Waals surface area contributed by atoms with E-state index < -0.39 is 0 Å². The Labute approximate surface area is 88.7 Å². The van der Waals surface area contributed by atoms with E-state index in [0.29, 0.717) is 23.8 Å². The van der Waals surface area contributed by atoms with Crippen LogP contribution in [0.25, 0.3) is 0 Å². The quantitative estimate of drug-likeness (QED) is 0.783. The molecule has 1 aromatic rings. The molecule has 0 saturated carbocycles. The third-order valence-electron chi connectivity index (χ3n) is 2.07. The summed E-state index contributed by atoms with van der Waals surface area (Å²) >= 11 is 6.08. The Morgan fingerprint density at radius 2 is 2.14 bits per heavy atom. The molecule has 0 aromatic heterocycles. The number of benzene rings is 1. The van der Waals surface area contributed by atoms with Crippen LogP contribution in [0.2, 0.25) is 5.02 Å². The fraction of sp³-hybridized carbons (Fsp3) is 0.400. The van der Waals surface area contributed by atoms with Gasteiger partial charge in [0.1, 0.15) is 5.75 Å². The van der Waals surface area contributed by atoms with E-state index in [2.05, 4.69) is 4.84 Å². The molecule has 0 aliphatic heterocycles. The van der Waals surface area contributed by atoms with Gasteiger partial charge < -0.3 is 9.57 Å². The van der Waals surface area contributed by atoms with Crippen LogP contribution < -0.4 is 10.6 Å². The lowest BCUT2D eigenvalue weighted by atomic mass is 10.1. The van der Waals surface area contributed by atoms with E-state index >= 15 is 0 Å². The van der Waals surface area contributed by atoms with Gasteiger partial charge in [-0.15, -0.1) is 0 Å². The van der Waals surface area contributed by atoms with Crippen LogP contribution in [0.3, 0.4) is 0 Å². The minimum atomic E-state index is 0.454. The molecule has 4 heteroatoms. The molecule has 0 aliphatic rings. The highest BCUT2D eigenvalue weighted by Crippen LogP contribution is 2.31. The van der Waals surface area contributed by atoms with E-state index in [9.17, 15) is 0 Å². The normalized spacial score (nSPS) is 10.3. The van der Waals surface area contributed by atoms with Crippen LogP contribution >= 0.6 is 11.6 Å². The first kappa shape index (κ1) is 11.3. The van der Waals surface area contributed by atoms with Gasteiger partial charge in [-0.1, -0.05) is 23.7 Å². The SMILES string of the molecule is COc1c(CCON)ccc(C)c1Cl. The predicted octanol–water partition coefficient (Wildman–Crippen LogP) is 2.09. The molecule has 0 heterocycles. The Bertz CT molecular complexity index is 315. The zero-order chi connectivity index (χ0) is 10.6. The molecule has 2 N–H and O–H groups in total. The largest absolute Gasteiger partial charge is 0.495 e. The molecule has 0 radical (unpaired) electrons. The van der Waals surface area contributed by atoms with Gasteiger partial charge in [-0.2, -0.15) is 0 Å². The number of nitrogens with two attached hydrogens (primary N) is 1. The number of hydrogen-bond acceptors (Lipinski definition) is 3. The smallest absolute Gasteiger partial charge is 0.140 e. The van der Waals surface area contributed by atoms with E-state index in [-0.39, 0.29) is 0 Å². The molecule has 0 fully saturated rings. The first-order valence-electron chi connectivity index (χ1n) is 4.34. The maximum atomic E-state index is 6.08. The monoisotopic (exact) mass is 215 g/mol. The van der Waals surface area contributed by atoms with Crippen LogP contribution in [-0.2, 0) is 11.3 Å². The fourth-order valence-corrected chi connectivity index (χ4v) is 1.54. The Morgan fingerprint density at radius 3 is 2.71 bits per heavy atom. The minimum Gasteiger partial charge on any atom is -0.495 e. The Kier molecular flexibility index (Phi) is 4.20. The van der Waals surface area contributed by atoms with Gasteiger partial charge in [-0.05, 0) is 18.1 Å². The molecular weight excluding hydrogens is 202 g/mol. The Morgan fingerprint density at radius 1 is 1.43 bits per heavy atom. The average Bonchev–Trinajstić information content (AvgIpc) is 2.20. The number of hydrogen-bond donors (Lipinski definition) is 1. The van der Waals surface area contributed by atoms with Crippen molar-refractivity contribution in [1.29, 1.82) is 0 Å². The molecular formula is C10H14ClNO2. The second kappa shape index (κ2) is 5.20. The van der Waals surface area contributed by atoms with Crippen LogP contribution in [0.1, 0.15) is 11.1 Å². The van der Waals surface area contributed by atoms with Gasteiger partial charge in [0.25, 0.3) is 0 Å². The van der Waals surface area contributed by atoms with Crippen LogP contribution in [-0.4, -0.2) is 13.7 Å². The number of halogens is 1. The van der Waals surface area contributed by atoms with Gasteiger partial charge in [0.2, 0.25) is 0 Å². The van der Waals surface area contributed by atoms with Crippen LogP contribution in [0, 0.1) is 6.92 Å². The maximum absolute atomic E-state index is 6.08. The summed E-state index contributed by atoms with van der Waals surface area (Å²) in [4.78, 5) is 4.52. The van der Waals surface area contributed by atoms with E-state index in [0.717, 1.165) is 11.1 Å².